The SMILES string of the molecule is CC(C)CN.CC(C)CN. The zero-order valence-corrected chi connectivity index (χ0v) is 7.72. The zero-order valence-electron chi connectivity index (χ0n) is 7.72. The quantitative estimate of drug-likeness (QED) is 0.615. The summed E-state index contributed by atoms with van der Waals surface area (Å²) in [4.78, 5) is 0. The van der Waals surface area contributed by atoms with E-state index in [1.54, 1.807) is 0 Å². The topological polar surface area (TPSA) is 52.0 Å². The van der Waals surface area contributed by atoms with E-state index in [-0.39, 0.29) is 0 Å². The van der Waals surface area contributed by atoms with Crippen molar-refractivity contribution in [1.82, 2.24) is 0 Å². The average Bonchev–Trinajstić information content (AvgIpc) is 1.89. The molecule has 0 amide bonds. The molecule has 0 rings (SSSR count). The highest BCUT2D eigenvalue weighted by Gasteiger charge is 1.80. The van der Waals surface area contributed by atoms with Crippen molar-refractivity contribution >= 4 is 0 Å². The first kappa shape index (κ1) is 12.6. The fourth-order valence-electron chi connectivity index (χ4n) is 0. The van der Waals surface area contributed by atoms with E-state index in [1.807, 2.05) is 0 Å². The molecule has 0 aromatic rings. The first-order chi connectivity index (χ1) is 4.54. The summed E-state index contributed by atoms with van der Waals surface area (Å²) < 4.78 is 0. The summed E-state index contributed by atoms with van der Waals surface area (Å²) in [6, 6.07) is 0. The lowest BCUT2D eigenvalue weighted by Crippen LogP contribution is -2.05. The molecule has 0 bridgehead atoms. The summed E-state index contributed by atoms with van der Waals surface area (Å²) in [6.45, 7) is 10.0. The molecule has 0 aliphatic carbocycles. The Bertz CT molecular complexity index is 43.2. The predicted molar refractivity (Wildman–Crippen MR) is 47.8 cm³/mol. The maximum absolute atomic E-state index is 5.17. The van der Waals surface area contributed by atoms with Gasteiger partial charge in [-0.3, -0.25) is 0 Å². The molecular weight excluding hydrogens is 124 g/mol. The molecule has 0 atom stereocenters. The van der Waals surface area contributed by atoms with E-state index in [2.05, 4.69) is 27.7 Å². The minimum absolute atomic E-state index is 0.662. The second-order valence-electron chi connectivity index (χ2n) is 3.26. The summed E-state index contributed by atoms with van der Waals surface area (Å²) >= 11 is 0. The van der Waals surface area contributed by atoms with Gasteiger partial charge in [-0.05, 0) is 24.9 Å². The predicted octanol–water partition coefficient (Wildman–Crippen LogP) is 1.20. The van der Waals surface area contributed by atoms with E-state index in [4.69, 9.17) is 11.5 Å². The van der Waals surface area contributed by atoms with Crippen LogP contribution in [0.5, 0.6) is 0 Å². The molecule has 0 aliphatic heterocycles. The van der Waals surface area contributed by atoms with Crippen LogP contribution >= 0.6 is 0 Å². The van der Waals surface area contributed by atoms with Crippen LogP contribution in [0.4, 0.5) is 0 Å². The molecule has 2 nitrogen and oxygen atoms in total. The van der Waals surface area contributed by atoms with Crippen LogP contribution in [-0.4, -0.2) is 13.1 Å². The molecule has 0 aliphatic rings. The van der Waals surface area contributed by atoms with Crippen molar-refractivity contribution < 1.29 is 0 Å². The van der Waals surface area contributed by atoms with Gasteiger partial charge in [0.1, 0.15) is 0 Å². The second kappa shape index (κ2) is 8.92. The normalized spacial score (nSPS) is 9.60. The average molecular weight is 146 g/mol. The summed E-state index contributed by atoms with van der Waals surface area (Å²) in [5.41, 5.74) is 10.3. The molecule has 0 saturated carbocycles. The van der Waals surface area contributed by atoms with Crippen molar-refractivity contribution in [3.8, 4) is 0 Å². The third-order valence-electron chi connectivity index (χ3n) is 0.943. The van der Waals surface area contributed by atoms with Gasteiger partial charge in [-0.1, -0.05) is 27.7 Å². The summed E-state index contributed by atoms with van der Waals surface area (Å²) in [7, 11) is 0. The maximum Gasteiger partial charge on any atom is -0.00541 e. The van der Waals surface area contributed by atoms with Gasteiger partial charge in [0, 0.05) is 0 Å². The molecule has 0 radical (unpaired) electrons. The highest BCUT2D eigenvalue weighted by atomic mass is 14.5. The Morgan fingerprint density at radius 1 is 0.800 bits per heavy atom. The van der Waals surface area contributed by atoms with Gasteiger partial charge >= 0.3 is 0 Å². The van der Waals surface area contributed by atoms with E-state index in [1.165, 1.54) is 0 Å². The molecule has 64 valence electrons. The van der Waals surface area contributed by atoms with Gasteiger partial charge in [-0.2, -0.15) is 0 Å². The highest BCUT2D eigenvalue weighted by molar-refractivity contribution is 4.38. The van der Waals surface area contributed by atoms with E-state index >= 15 is 0 Å². The molecule has 0 fully saturated rings. The molecular formula is C8H22N2. The van der Waals surface area contributed by atoms with Gasteiger partial charge in [0.05, 0.1) is 0 Å². The van der Waals surface area contributed by atoms with Gasteiger partial charge in [0.15, 0.2) is 0 Å². The Morgan fingerprint density at radius 2 is 0.900 bits per heavy atom. The second-order valence-corrected chi connectivity index (χ2v) is 3.26. The lowest BCUT2D eigenvalue weighted by Gasteiger charge is -1.91. The van der Waals surface area contributed by atoms with Crippen molar-refractivity contribution in [2.24, 2.45) is 23.3 Å². The van der Waals surface area contributed by atoms with Gasteiger partial charge in [-0.15, -0.1) is 0 Å². The van der Waals surface area contributed by atoms with Gasteiger partial charge in [0.2, 0.25) is 0 Å². The number of nitrogens with two attached hydrogens (primary N) is 2. The number of hydrogen-bond donors (Lipinski definition) is 2. The van der Waals surface area contributed by atoms with Crippen molar-refractivity contribution in [1.29, 1.82) is 0 Å². The maximum atomic E-state index is 5.17. The van der Waals surface area contributed by atoms with Crippen molar-refractivity contribution in [2.45, 2.75) is 27.7 Å². The fraction of sp³-hybridized carbons (Fsp3) is 1.00. The fourth-order valence-corrected chi connectivity index (χ4v) is 0. The number of hydrogen-bond acceptors (Lipinski definition) is 2. The van der Waals surface area contributed by atoms with Crippen LogP contribution < -0.4 is 11.5 Å². The van der Waals surface area contributed by atoms with Crippen LogP contribution in [0.15, 0.2) is 0 Å². The van der Waals surface area contributed by atoms with Crippen molar-refractivity contribution in [3.63, 3.8) is 0 Å². The largest absolute Gasteiger partial charge is 0.330 e. The molecule has 0 spiro atoms. The van der Waals surface area contributed by atoms with Crippen LogP contribution in [0.3, 0.4) is 0 Å². The minimum Gasteiger partial charge on any atom is -0.330 e. The van der Waals surface area contributed by atoms with Crippen LogP contribution in [0.25, 0.3) is 0 Å². The van der Waals surface area contributed by atoms with E-state index in [0.29, 0.717) is 11.8 Å². The molecule has 0 heterocycles. The minimum atomic E-state index is 0.662. The zero-order chi connectivity index (χ0) is 8.57. The number of rotatable bonds is 2. The first-order valence-electron chi connectivity index (χ1n) is 3.94. The molecule has 2 heteroatoms. The molecule has 0 saturated heterocycles. The summed E-state index contributed by atoms with van der Waals surface area (Å²) in [5, 5.41) is 0. The third kappa shape index (κ3) is 24.7. The molecule has 0 aromatic heterocycles. The Labute approximate surface area is 65.0 Å². The summed E-state index contributed by atoms with van der Waals surface area (Å²) in [5.74, 6) is 1.32. The van der Waals surface area contributed by atoms with Gasteiger partial charge < -0.3 is 11.5 Å². The standard InChI is InChI=1S/2C4H11N/c2*1-4(2)3-5/h2*4H,3,5H2,1-2H3. The molecule has 4 N–H and O–H groups in total. The summed E-state index contributed by atoms with van der Waals surface area (Å²) in [6.07, 6.45) is 0. The van der Waals surface area contributed by atoms with Gasteiger partial charge in [-0.25, -0.2) is 0 Å². The monoisotopic (exact) mass is 146 g/mol. The Hall–Kier alpha value is -0.0800. The van der Waals surface area contributed by atoms with Crippen LogP contribution in [0.1, 0.15) is 27.7 Å². The smallest absolute Gasteiger partial charge is 0.00541 e. The van der Waals surface area contributed by atoms with Crippen LogP contribution in [-0.2, 0) is 0 Å². The molecule has 0 aromatic carbocycles. The van der Waals surface area contributed by atoms with E-state index < -0.39 is 0 Å². The Morgan fingerprint density at radius 3 is 0.900 bits per heavy atom. The lowest BCUT2D eigenvalue weighted by molar-refractivity contribution is 0.664. The lowest BCUT2D eigenvalue weighted by atomic mass is 10.2. The first-order valence-corrected chi connectivity index (χ1v) is 3.94. The van der Waals surface area contributed by atoms with Crippen molar-refractivity contribution in [3.05, 3.63) is 0 Å². The molecule has 10 heavy (non-hydrogen) atoms. The molecule has 0 unspecified atom stereocenters. The van der Waals surface area contributed by atoms with E-state index in [0.717, 1.165) is 13.1 Å². The van der Waals surface area contributed by atoms with Crippen LogP contribution in [0, 0.1) is 11.8 Å². The van der Waals surface area contributed by atoms with Gasteiger partial charge in [0.25, 0.3) is 0 Å². The van der Waals surface area contributed by atoms with E-state index in [9.17, 15) is 0 Å². The van der Waals surface area contributed by atoms with Crippen LogP contribution in [0.2, 0.25) is 0 Å². The third-order valence-corrected chi connectivity index (χ3v) is 0.943. The van der Waals surface area contributed by atoms with Crippen molar-refractivity contribution in [2.75, 3.05) is 13.1 Å². The Balaban J connectivity index is 0. The Kier molecular flexibility index (Phi) is 11.2. The highest BCUT2D eigenvalue weighted by Crippen LogP contribution is 1.81.